The highest BCUT2D eigenvalue weighted by Gasteiger charge is 2.19. The number of thioether (sulfide) groups is 1. The first-order valence-electron chi connectivity index (χ1n) is 4.80. The normalized spacial score (nSPS) is 13.3. The van der Waals surface area contributed by atoms with E-state index in [9.17, 15) is 9.59 Å². The van der Waals surface area contributed by atoms with Gasteiger partial charge in [-0.1, -0.05) is 20.8 Å². The Morgan fingerprint density at radius 2 is 1.93 bits per heavy atom. The molecule has 0 heterocycles. The maximum Gasteiger partial charge on any atom is 0.327 e. The molecule has 4 nitrogen and oxygen atoms in total. The quantitative estimate of drug-likeness (QED) is 0.752. The highest BCUT2D eigenvalue weighted by Crippen LogP contribution is 2.20. The first-order chi connectivity index (χ1) is 6.72. The number of hydrogen-bond acceptors (Lipinski definition) is 3. The van der Waals surface area contributed by atoms with Crippen LogP contribution < -0.4 is 5.32 Å². The molecule has 0 fully saturated rings. The number of amides is 1. The lowest BCUT2D eigenvalue weighted by Gasteiger charge is -2.19. The van der Waals surface area contributed by atoms with E-state index in [1.54, 1.807) is 11.8 Å². The van der Waals surface area contributed by atoms with Crippen LogP contribution in [0, 0.1) is 5.41 Å². The van der Waals surface area contributed by atoms with E-state index in [-0.39, 0.29) is 11.3 Å². The summed E-state index contributed by atoms with van der Waals surface area (Å²) in [4.78, 5) is 21.5. The van der Waals surface area contributed by atoms with Crippen LogP contribution in [0.5, 0.6) is 0 Å². The van der Waals surface area contributed by atoms with Crippen molar-refractivity contribution in [3.05, 3.63) is 0 Å². The van der Waals surface area contributed by atoms with Crippen molar-refractivity contribution in [3.8, 4) is 0 Å². The Kier molecular flexibility index (Phi) is 5.72. The largest absolute Gasteiger partial charge is 0.480 e. The SMILES string of the molecule is CC(=O)N[C@@H](CSCC(C)(C)C)C(=O)O. The highest BCUT2D eigenvalue weighted by atomic mass is 32.2. The smallest absolute Gasteiger partial charge is 0.327 e. The van der Waals surface area contributed by atoms with E-state index in [1.807, 2.05) is 0 Å². The maximum absolute atomic E-state index is 10.8. The fraction of sp³-hybridized carbons (Fsp3) is 0.800. The third-order valence-corrected chi connectivity index (χ3v) is 3.13. The summed E-state index contributed by atoms with van der Waals surface area (Å²) in [5, 5.41) is 11.2. The van der Waals surface area contributed by atoms with Gasteiger partial charge in [-0.05, 0) is 11.2 Å². The van der Waals surface area contributed by atoms with Gasteiger partial charge in [-0.15, -0.1) is 0 Å². The molecule has 15 heavy (non-hydrogen) atoms. The van der Waals surface area contributed by atoms with E-state index in [4.69, 9.17) is 5.11 Å². The molecular weight excluding hydrogens is 214 g/mol. The number of carbonyl (C=O) groups excluding carboxylic acids is 1. The van der Waals surface area contributed by atoms with Gasteiger partial charge in [-0.25, -0.2) is 4.79 Å². The van der Waals surface area contributed by atoms with E-state index >= 15 is 0 Å². The zero-order chi connectivity index (χ0) is 12.1. The minimum absolute atomic E-state index is 0.171. The van der Waals surface area contributed by atoms with Gasteiger partial charge in [0.25, 0.3) is 0 Å². The molecular formula is C10H19NO3S. The van der Waals surface area contributed by atoms with Crippen LogP contribution >= 0.6 is 11.8 Å². The van der Waals surface area contributed by atoms with Gasteiger partial charge in [-0.2, -0.15) is 11.8 Å². The second-order valence-corrected chi connectivity index (χ2v) is 5.70. The zero-order valence-electron chi connectivity index (χ0n) is 9.66. The summed E-state index contributed by atoms with van der Waals surface area (Å²) < 4.78 is 0. The van der Waals surface area contributed by atoms with Gasteiger partial charge in [-0.3, -0.25) is 4.79 Å². The van der Waals surface area contributed by atoms with Crippen LogP contribution in [-0.2, 0) is 9.59 Å². The Morgan fingerprint density at radius 3 is 2.27 bits per heavy atom. The van der Waals surface area contributed by atoms with Crippen LogP contribution in [-0.4, -0.2) is 34.5 Å². The molecule has 88 valence electrons. The third-order valence-electron chi connectivity index (χ3n) is 1.50. The van der Waals surface area contributed by atoms with E-state index in [2.05, 4.69) is 26.1 Å². The van der Waals surface area contributed by atoms with E-state index < -0.39 is 12.0 Å². The van der Waals surface area contributed by atoms with E-state index in [0.717, 1.165) is 5.75 Å². The minimum Gasteiger partial charge on any atom is -0.480 e. The van der Waals surface area contributed by atoms with Crippen LogP contribution in [0.3, 0.4) is 0 Å². The average molecular weight is 233 g/mol. The summed E-state index contributed by atoms with van der Waals surface area (Å²) in [5.41, 5.74) is 0.171. The first-order valence-corrected chi connectivity index (χ1v) is 5.95. The molecule has 0 radical (unpaired) electrons. The molecule has 0 aliphatic carbocycles. The molecule has 1 amide bonds. The summed E-state index contributed by atoms with van der Waals surface area (Å²) in [6, 6.07) is -0.783. The molecule has 0 bridgehead atoms. The van der Waals surface area contributed by atoms with Gasteiger partial charge < -0.3 is 10.4 Å². The van der Waals surface area contributed by atoms with Crippen LogP contribution in [0.4, 0.5) is 0 Å². The second-order valence-electron chi connectivity index (χ2n) is 4.67. The van der Waals surface area contributed by atoms with Crippen molar-refractivity contribution < 1.29 is 14.7 Å². The molecule has 0 unspecified atom stereocenters. The number of aliphatic carboxylic acids is 1. The summed E-state index contributed by atoms with van der Waals surface area (Å²) in [7, 11) is 0. The van der Waals surface area contributed by atoms with Crippen molar-refractivity contribution in [1.82, 2.24) is 5.32 Å². The van der Waals surface area contributed by atoms with Gasteiger partial charge >= 0.3 is 5.97 Å². The van der Waals surface area contributed by atoms with Crippen LogP contribution in [0.25, 0.3) is 0 Å². The van der Waals surface area contributed by atoms with Crippen LogP contribution in [0.1, 0.15) is 27.7 Å². The van der Waals surface area contributed by atoms with Crippen molar-refractivity contribution in [2.45, 2.75) is 33.7 Å². The zero-order valence-corrected chi connectivity index (χ0v) is 10.5. The van der Waals surface area contributed by atoms with Crippen molar-refractivity contribution in [2.75, 3.05) is 11.5 Å². The van der Waals surface area contributed by atoms with Crippen LogP contribution in [0.15, 0.2) is 0 Å². The fourth-order valence-corrected chi connectivity index (χ4v) is 2.09. The lowest BCUT2D eigenvalue weighted by atomic mass is 10.0. The van der Waals surface area contributed by atoms with Gasteiger partial charge in [0.1, 0.15) is 6.04 Å². The molecule has 0 aromatic heterocycles. The Labute approximate surface area is 94.8 Å². The molecule has 0 aromatic carbocycles. The topological polar surface area (TPSA) is 66.4 Å². The van der Waals surface area contributed by atoms with Crippen molar-refractivity contribution in [3.63, 3.8) is 0 Å². The number of hydrogen-bond donors (Lipinski definition) is 2. The molecule has 0 spiro atoms. The summed E-state index contributed by atoms with van der Waals surface area (Å²) in [6.45, 7) is 7.60. The Morgan fingerprint density at radius 1 is 1.40 bits per heavy atom. The monoisotopic (exact) mass is 233 g/mol. The molecule has 0 rings (SSSR count). The third kappa shape index (κ3) is 8.30. The standard InChI is InChI=1S/C10H19NO3S/c1-7(12)11-8(9(13)14)5-15-6-10(2,3)4/h8H,5-6H2,1-4H3,(H,11,12)(H,13,14)/t8-/m0/s1. The Balaban J connectivity index is 3.98. The molecule has 0 saturated carbocycles. The maximum atomic E-state index is 10.8. The van der Waals surface area contributed by atoms with E-state index in [0.29, 0.717) is 5.75 Å². The number of carboxylic acids is 1. The number of carbonyl (C=O) groups is 2. The summed E-state index contributed by atoms with van der Waals surface area (Å²) in [6.07, 6.45) is 0. The first kappa shape index (κ1) is 14.3. The number of carboxylic acid groups (broad SMARTS) is 1. The minimum atomic E-state index is -0.980. The molecule has 1 atom stereocenters. The van der Waals surface area contributed by atoms with Crippen LogP contribution in [0.2, 0.25) is 0 Å². The molecule has 2 N–H and O–H groups in total. The van der Waals surface area contributed by atoms with Gasteiger partial charge in [0, 0.05) is 12.7 Å². The van der Waals surface area contributed by atoms with Gasteiger partial charge in [0.05, 0.1) is 0 Å². The van der Waals surface area contributed by atoms with E-state index in [1.165, 1.54) is 6.92 Å². The second kappa shape index (κ2) is 6.00. The summed E-state index contributed by atoms with van der Waals surface area (Å²) >= 11 is 1.54. The van der Waals surface area contributed by atoms with Crippen molar-refractivity contribution in [1.29, 1.82) is 0 Å². The molecule has 0 aliphatic heterocycles. The molecule has 0 aliphatic rings. The van der Waals surface area contributed by atoms with Crippen molar-refractivity contribution >= 4 is 23.6 Å². The predicted octanol–water partition coefficient (Wildman–Crippen LogP) is 1.35. The fourth-order valence-electron chi connectivity index (χ4n) is 0.903. The molecule has 5 heteroatoms. The lowest BCUT2D eigenvalue weighted by molar-refractivity contribution is -0.140. The molecule has 0 aromatic rings. The number of nitrogens with one attached hydrogen (secondary N) is 1. The van der Waals surface area contributed by atoms with Gasteiger partial charge in [0.15, 0.2) is 0 Å². The summed E-state index contributed by atoms with van der Waals surface area (Å²) in [5.74, 6) is -0.00639. The lowest BCUT2D eigenvalue weighted by Crippen LogP contribution is -2.41. The average Bonchev–Trinajstić information content (AvgIpc) is 1.99. The highest BCUT2D eigenvalue weighted by molar-refractivity contribution is 7.99. The van der Waals surface area contributed by atoms with Crippen molar-refractivity contribution in [2.24, 2.45) is 5.41 Å². The molecule has 0 saturated heterocycles. The number of rotatable bonds is 5. The Hall–Kier alpha value is -0.710. The van der Waals surface area contributed by atoms with Gasteiger partial charge in [0.2, 0.25) is 5.91 Å². The predicted molar refractivity (Wildman–Crippen MR) is 62.0 cm³/mol. The Bertz CT molecular complexity index is 235.